The van der Waals surface area contributed by atoms with Gasteiger partial charge in [-0.2, -0.15) is 0 Å². The fourth-order valence-electron chi connectivity index (χ4n) is 3.18. The van der Waals surface area contributed by atoms with Crippen molar-refractivity contribution in [2.75, 3.05) is 20.8 Å². The van der Waals surface area contributed by atoms with Gasteiger partial charge in [0.05, 0.1) is 19.8 Å². The predicted octanol–water partition coefficient (Wildman–Crippen LogP) is 3.11. The Morgan fingerprint density at radius 2 is 2.08 bits per heavy atom. The smallest absolute Gasteiger partial charge is 0.252 e. The molecule has 0 spiro atoms. The number of carbonyl (C=O) groups excluding carboxylic acids is 1. The minimum absolute atomic E-state index is 0.118. The van der Waals surface area contributed by atoms with Gasteiger partial charge in [-0.15, -0.1) is 11.3 Å². The van der Waals surface area contributed by atoms with Crippen LogP contribution in [0.1, 0.15) is 45.3 Å². The third-order valence-corrected chi connectivity index (χ3v) is 5.65. The summed E-state index contributed by atoms with van der Waals surface area (Å²) in [5.74, 6) is 1.07. The lowest BCUT2D eigenvalue weighted by Crippen LogP contribution is -2.29. The van der Waals surface area contributed by atoms with Crippen molar-refractivity contribution in [3.63, 3.8) is 0 Å². The zero-order chi connectivity index (χ0) is 17.8. The number of aryl methyl sites for hydroxylation is 1. The van der Waals surface area contributed by atoms with Crippen LogP contribution < -0.4 is 14.8 Å². The highest BCUT2D eigenvalue weighted by Gasteiger charge is 2.21. The molecule has 25 heavy (non-hydrogen) atoms. The molecule has 6 heteroatoms. The number of methoxy groups -OCH3 is 2. The van der Waals surface area contributed by atoms with Gasteiger partial charge >= 0.3 is 0 Å². The minimum Gasteiger partial charge on any atom is -0.497 e. The van der Waals surface area contributed by atoms with E-state index < -0.39 is 6.10 Å². The van der Waals surface area contributed by atoms with E-state index in [-0.39, 0.29) is 12.5 Å². The second-order valence-electron chi connectivity index (χ2n) is 6.09. The summed E-state index contributed by atoms with van der Waals surface area (Å²) in [6, 6.07) is 5.24. The highest BCUT2D eigenvalue weighted by molar-refractivity contribution is 7.10. The molecule has 2 aromatic rings. The van der Waals surface area contributed by atoms with Crippen LogP contribution in [-0.2, 0) is 12.8 Å². The second-order valence-corrected chi connectivity index (χ2v) is 7.06. The van der Waals surface area contributed by atoms with Gasteiger partial charge in [-0.1, -0.05) is 0 Å². The average molecular weight is 361 g/mol. The number of benzene rings is 1. The Balaban J connectivity index is 1.69. The Hall–Kier alpha value is -2.05. The van der Waals surface area contributed by atoms with Crippen LogP contribution in [-0.4, -0.2) is 31.8 Å². The van der Waals surface area contributed by atoms with Crippen molar-refractivity contribution >= 4 is 17.2 Å². The number of carbonyl (C=O) groups is 1. The molecule has 0 bridgehead atoms. The van der Waals surface area contributed by atoms with Crippen LogP contribution in [0.3, 0.4) is 0 Å². The van der Waals surface area contributed by atoms with E-state index in [1.807, 2.05) is 5.38 Å². The maximum Gasteiger partial charge on any atom is 0.252 e. The van der Waals surface area contributed by atoms with Gasteiger partial charge in [0.25, 0.3) is 5.91 Å². The second kappa shape index (κ2) is 7.89. The molecule has 0 saturated heterocycles. The number of ether oxygens (including phenoxy) is 2. The number of aliphatic hydroxyl groups is 1. The summed E-state index contributed by atoms with van der Waals surface area (Å²) >= 11 is 1.66. The Morgan fingerprint density at radius 1 is 1.28 bits per heavy atom. The summed E-state index contributed by atoms with van der Waals surface area (Å²) in [4.78, 5) is 13.8. The summed E-state index contributed by atoms with van der Waals surface area (Å²) in [6.07, 6.45) is 3.49. The van der Waals surface area contributed by atoms with E-state index in [2.05, 4.69) is 5.32 Å². The summed E-state index contributed by atoms with van der Waals surface area (Å²) in [7, 11) is 3.12. The van der Waals surface area contributed by atoms with E-state index in [1.54, 1.807) is 43.8 Å². The molecular weight excluding hydrogens is 338 g/mol. The zero-order valence-electron chi connectivity index (χ0n) is 14.5. The number of nitrogens with one attached hydrogen (secondary N) is 1. The molecule has 1 aliphatic rings. The van der Waals surface area contributed by atoms with E-state index in [1.165, 1.54) is 16.9 Å². The van der Waals surface area contributed by atoms with Crippen LogP contribution in [0.5, 0.6) is 11.5 Å². The van der Waals surface area contributed by atoms with Crippen molar-refractivity contribution < 1.29 is 19.4 Å². The normalized spacial score (nSPS) is 14.5. The molecule has 1 amide bonds. The number of rotatable bonds is 6. The number of thiophene rings is 1. The van der Waals surface area contributed by atoms with Crippen LogP contribution >= 0.6 is 11.3 Å². The largest absolute Gasteiger partial charge is 0.497 e. The van der Waals surface area contributed by atoms with E-state index in [0.717, 1.165) is 24.8 Å². The molecule has 0 radical (unpaired) electrons. The third kappa shape index (κ3) is 3.80. The van der Waals surface area contributed by atoms with Gasteiger partial charge in [0.1, 0.15) is 17.6 Å². The molecule has 1 aromatic heterocycles. The maximum absolute atomic E-state index is 12.5. The third-order valence-electron chi connectivity index (χ3n) is 4.56. The van der Waals surface area contributed by atoms with Gasteiger partial charge in [0.15, 0.2) is 0 Å². The standard InChI is InChI=1S/C19H23NO4S/c1-23-12-7-8-17(24-2)14(9-12)16(21)10-20-19(22)15-11-25-18-6-4-3-5-13(15)18/h7-9,11,16,21H,3-6,10H2,1-2H3,(H,20,22). The molecule has 5 nitrogen and oxygen atoms in total. The van der Waals surface area contributed by atoms with Gasteiger partial charge < -0.3 is 19.9 Å². The van der Waals surface area contributed by atoms with Crippen molar-refractivity contribution in [3.8, 4) is 11.5 Å². The Kier molecular flexibility index (Phi) is 5.60. The van der Waals surface area contributed by atoms with Gasteiger partial charge in [0, 0.05) is 22.4 Å². The molecule has 1 unspecified atom stereocenters. The molecular formula is C19H23NO4S. The molecule has 1 atom stereocenters. The molecule has 0 aliphatic heterocycles. The fraction of sp³-hybridized carbons (Fsp3) is 0.421. The van der Waals surface area contributed by atoms with Crippen LogP contribution in [0.4, 0.5) is 0 Å². The Morgan fingerprint density at radius 3 is 2.84 bits per heavy atom. The first-order chi connectivity index (χ1) is 12.1. The van der Waals surface area contributed by atoms with Crippen molar-refractivity contribution in [2.24, 2.45) is 0 Å². The maximum atomic E-state index is 12.5. The number of hydrogen-bond acceptors (Lipinski definition) is 5. The summed E-state index contributed by atoms with van der Waals surface area (Å²) in [6.45, 7) is 0.118. The van der Waals surface area contributed by atoms with Gasteiger partial charge in [-0.3, -0.25) is 4.79 Å². The van der Waals surface area contributed by atoms with Crippen LogP contribution in [0.2, 0.25) is 0 Å². The fourth-order valence-corrected chi connectivity index (χ4v) is 4.30. The highest BCUT2D eigenvalue weighted by atomic mass is 32.1. The molecule has 134 valence electrons. The van der Waals surface area contributed by atoms with Crippen molar-refractivity contribution in [2.45, 2.75) is 31.8 Å². The quantitative estimate of drug-likeness (QED) is 0.830. The first kappa shape index (κ1) is 17.8. The first-order valence-corrected chi connectivity index (χ1v) is 9.29. The topological polar surface area (TPSA) is 67.8 Å². The molecule has 2 N–H and O–H groups in total. The van der Waals surface area contributed by atoms with Crippen LogP contribution in [0.25, 0.3) is 0 Å². The van der Waals surface area contributed by atoms with Crippen LogP contribution in [0, 0.1) is 0 Å². The van der Waals surface area contributed by atoms with Gasteiger partial charge in [-0.05, 0) is 49.4 Å². The molecule has 1 aliphatic carbocycles. The van der Waals surface area contributed by atoms with Gasteiger partial charge in [-0.25, -0.2) is 0 Å². The average Bonchev–Trinajstić information content (AvgIpc) is 3.09. The predicted molar refractivity (Wildman–Crippen MR) is 97.8 cm³/mol. The van der Waals surface area contributed by atoms with E-state index >= 15 is 0 Å². The minimum atomic E-state index is -0.872. The number of amides is 1. The number of fused-ring (bicyclic) bond motifs is 1. The van der Waals surface area contributed by atoms with E-state index in [0.29, 0.717) is 17.1 Å². The molecule has 1 aromatic carbocycles. The molecule has 1 heterocycles. The first-order valence-electron chi connectivity index (χ1n) is 8.41. The molecule has 0 fully saturated rings. The summed E-state index contributed by atoms with van der Waals surface area (Å²) in [5, 5.41) is 15.3. The van der Waals surface area contributed by atoms with Crippen molar-refractivity contribution in [1.82, 2.24) is 5.32 Å². The van der Waals surface area contributed by atoms with Crippen molar-refractivity contribution in [1.29, 1.82) is 0 Å². The monoisotopic (exact) mass is 361 g/mol. The van der Waals surface area contributed by atoms with Crippen molar-refractivity contribution in [3.05, 3.63) is 45.1 Å². The van der Waals surface area contributed by atoms with E-state index in [9.17, 15) is 9.90 Å². The summed E-state index contributed by atoms with van der Waals surface area (Å²) < 4.78 is 10.5. The lowest BCUT2D eigenvalue weighted by molar-refractivity contribution is 0.0914. The number of aliphatic hydroxyl groups excluding tert-OH is 1. The molecule has 0 saturated carbocycles. The highest BCUT2D eigenvalue weighted by Crippen LogP contribution is 2.31. The SMILES string of the molecule is COc1ccc(OC)c(C(O)CNC(=O)c2csc3c2CCCC3)c1. The van der Waals surface area contributed by atoms with Gasteiger partial charge in [0.2, 0.25) is 0 Å². The zero-order valence-corrected chi connectivity index (χ0v) is 15.3. The number of hydrogen-bond donors (Lipinski definition) is 2. The Labute approximate surface area is 151 Å². The lowest BCUT2D eigenvalue weighted by Gasteiger charge is -2.17. The van der Waals surface area contributed by atoms with Crippen LogP contribution in [0.15, 0.2) is 23.6 Å². The molecule has 3 rings (SSSR count). The summed E-state index contributed by atoms with van der Waals surface area (Å²) in [5.41, 5.74) is 2.53. The lowest BCUT2D eigenvalue weighted by atomic mass is 9.95. The van der Waals surface area contributed by atoms with E-state index in [4.69, 9.17) is 9.47 Å². The Bertz CT molecular complexity index is 756.